The molecule has 1 atom stereocenters. The monoisotopic (exact) mass is 335 g/mol. The molecular weight excluding hydrogens is 313 g/mol. The summed E-state index contributed by atoms with van der Waals surface area (Å²) >= 11 is 1.79. The molecule has 2 aromatic rings. The molecule has 23 heavy (non-hydrogen) atoms. The van der Waals surface area contributed by atoms with Crippen LogP contribution < -0.4 is 0 Å². The topological polar surface area (TPSA) is 39.9 Å². The summed E-state index contributed by atoms with van der Waals surface area (Å²) in [6.45, 7) is 1.65. The lowest BCUT2D eigenvalue weighted by atomic mass is 9.98. The molecule has 3 rings (SSSR count). The summed E-state index contributed by atoms with van der Waals surface area (Å²) in [5.41, 5.74) is 0.862. The second-order valence-electron chi connectivity index (χ2n) is 5.86. The molecule has 0 radical (unpaired) electrons. The van der Waals surface area contributed by atoms with Gasteiger partial charge in [-0.15, -0.1) is 0 Å². The molecule has 0 unspecified atom stereocenters. The van der Waals surface area contributed by atoms with E-state index in [0.29, 0.717) is 5.92 Å². The number of rotatable bonds is 6. The fraction of sp³-hybridized carbons (Fsp3) is 0.529. The number of benzene rings is 1. The highest BCUT2D eigenvalue weighted by Crippen LogP contribution is 2.20. The van der Waals surface area contributed by atoms with Gasteiger partial charge in [-0.3, -0.25) is 0 Å². The number of ether oxygens (including phenoxy) is 1. The van der Waals surface area contributed by atoms with Gasteiger partial charge in [-0.25, -0.2) is 14.1 Å². The average Bonchev–Trinajstić information content (AvgIpc) is 2.97. The van der Waals surface area contributed by atoms with Gasteiger partial charge in [-0.2, -0.15) is 16.9 Å². The molecule has 0 bridgehead atoms. The number of aromatic nitrogens is 3. The lowest BCUT2D eigenvalue weighted by Gasteiger charge is -2.21. The lowest BCUT2D eigenvalue weighted by Crippen LogP contribution is -2.21. The van der Waals surface area contributed by atoms with Gasteiger partial charge >= 0.3 is 0 Å². The van der Waals surface area contributed by atoms with Crippen LogP contribution >= 0.6 is 11.8 Å². The number of halogens is 1. The van der Waals surface area contributed by atoms with Crippen molar-refractivity contribution in [1.82, 2.24) is 14.8 Å². The number of nitrogens with zero attached hydrogens (tertiary/aromatic N) is 3. The molecule has 1 aromatic carbocycles. The Kier molecular flexibility index (Phi) is 5.67. The van der Waals surface area contributed by atoms with Crippen LogP contribution in [0, 0.1) is 11.7 Å². The van der Waals surface area contributed by atoms with Crippen molar-refractivity contribution in [2.75, 3.05) is 25.2 Å². The van der Waals surface area contributed by atoms with Gasteiger partial charge in [0.25, 0.3) is 0 Å². The highest BCUT2D eigenvalue weighted by Gasteiger charge is 2.19. The first-order valence-electron chi connectivity index (χ1n) is 8.03. The Morgan fingerprint density at radius 2 is 2.17 bits per heavy atom. The van der Waals surface area contributed by atoms with Crippen molar-refractivity contribution in [2.45, 2.75) is 25.7 Å². The average molecular weight is 335 g/mol. The number of thioether (sulfide) groups is 1. The van der Waals surface area contributed by atoms with Gasteiger partial charge < -0.3 is 4.74 Å². The maximum absolute atomic E-state index is 13.2. The molecule has 0 saturated carbocycles. The zero-order valence-corrected chi connectivity index (χ0v) is 14.2. The van der Waals surface area contributed by atoms with E-state index in [-0.39, 0.29) is 5.82 Å². The van der Waals surface area contributed by atoms with Gasteiger partial charge in [-0.05, 0) is 49.3 Å². The summed E-state index contributed by atoms with van der Waals surface area (Å²) in [6, 6.07) is 6.44. The second kappa shape index (κ2) is 7.93. The molecule has 6 heteroatoms. The van der Waals surface area contributed by atoms with Crippen LogP contribution in [0.4, 0.5) is 4.39 Å². The van der Waals surface area contributed by atoms with Crippen LogP contribution in [0.25, 0.3) is 5.69 Å². The molecule has 1 fully saturated rings. The Hall–Kier alpha value is -1.40. The Labute approximate surface area is 140 Å². The maximum atomic E-state index is 13.2. The quantitative estimate of drug-likeness (QED) is 0.812. The van der Waals surface area contributed by atoms with E-state index < -0.39 is 0 Å². The van der Waals surface area contributed by atoms with Crippen molar-refractivity contribution >= 4 is 11.8 Å². The molecule has 1 aliphatic heterocycles. The molecule has 1 aromatic heterocycles. The third-order valence-corrected chi connectivity index (χ3v) is 4.66. The van der Waals surface area contributed by atoms with E-state index in [1.54, 1.807) is 23.9 Å². The number of hydrogen-bond acceptors (Lipinski definition) is 4. The molecule has 0 aliphatic carbocycles. The van der Waals surface area contributed by atoms with E-state index in [9.17, 15) is 4.39 Å². The van der Waals surface area contributed by atoms with Crippen LogP contribution in [-0.2, 0) is 17.6 Å². The first kappa shape index (κ1) is 16.5. The predicted molar refractivity (Wildman–Crippen MR) is 90.7 cm³/mol. The van der Waals surface area contributed by atoms with Gasteiger partial charge in [0.15, 0.2) is 5.82 Å². The first-order chi connectivity index (χ1) is 11.3. The summed E-state index contributed by atoms with van der Waals surface area (Å²) in [6.07, 6.45) is 6.05. The van der Waals surface area contributed by atoms with Crippen LogP contribution in [-0.4, -0.2) is 40.0 Å². The number of aryl methyl sites for hydroxylation is 1. The van der Waals surface area contributed by atoms with Crippen LogP contribution in [0.5, 0.6) is 0 Å². The molecule has 1 aliphatic rings. The Balaban J connectivity index is 1.85. The summed E-state index contributed by atoms with van der Waals surface area (Å²) < 4.78 is 20.6. The molecule has 0 amide bonds. The van der Waals surface area contributed by atoms with E-state index in [0.717, 1.165) is 62.0 Å². The minimum atomic E-state index is -0.237. The predicted octanol–water partition coefficient (Wildman–Crippen LogP) is 3.28. The molecule has 1 saturated heterocycles. The Morgan fingerprint density at radius 1 is 1.35 bits per heavy atom. The van der Waals surface area contributed by atoms with Crippen molar-refractivity contribution in [2.24, 2.45) is 5.92 Å². The van der Waals surface area contributed by atoms with E-state index in [1.807, 2.05) is 4.68 Å². The van der Waals surface area contributed by atoms with Crippen molar-refractivity contribution in [3.8, 4) is 5.69 Å². The molecule has 0 spiro atoms. The van der Waals surface area contributed by atoms with Crippen LogP contribution in [0.15, 0.2) is 24.3 Å². The van der Waals surface area contributed by atoms with Gasteiger partial charge in [0, 0.05) is 31.8 Å². The smallest absolute Gasteiger partial charge is 0.152 e. The molecular formula is C17H22FN3OS. The fourth-order valence-electron chi connectivity index (χ4n) is 2.84. The molecule has 2 heterocycles. The first-order valence-corrected chi connectivity index (χ1v) is 9.43. The Morgan fingerprint density at radius 3 is 2.87 bits per heavy atom. The lowest BCUT2D eigenvalue weighted by molar-refractivity contribution is 0.0541. The summed E-state index contributed by atoms with van der Waals surface area (Å²) in [5.74, 6) is 3.05. The Bertz CT molecular complexity index is 623. The van der Waals surface area contributed by atoms with E-state index >= 15 is 0 Å². The summed E-state index contributed by atoms with van der Waals surface area (Å²) in [7, 11) is 0. The zero-order valence-electron chi connectivity index (χ0n) is 13.4. The van der Waals surface area contributed by atoms with Crippen molar-refractivity contribution in [3.05, 3.63) is 41.7 Å². The third kappa shape index (κ3) is 4.32. The third-order valence-electron chi connectivity index (χ3n) is 4.04. The van der Waals surface area contributed by atoms with Crippen LogP contribution in [0.1, 0.15) is 24.5 Å². The van der Waals surface area contributed by atoms with Crippen molar-refractivity contribution < 1.29 is 9.13 Å². The summed E-state index contributed by atoms with van der Waals surface area (Å²) in [4.78, 5) is 4.73. The molecule has 0 N–H and O–H groups in total. The van der Waals surface area contributed by atoms with E-state index in [1.165, 1.54) is 12.1 Å². The SMILES string of the molecule is CSCCc1nc(C[C@H]2CCCOC2)n(-c2ccc(F)cc2)n1. The van der Waals surface area contributed by atoms with E-state index in [2.05, 4.69) is 11.4 Å². The highest BCUT2D eigenvalue weighted by molar-refractivity contribution is 7.98. The molecule has 124 valence electrons. The van der Waals surface area contributed by atoms with Crippen molar-refractivity contribution in [3.63, 3.8) is 0 Å². The van der Waals surface area contributed by atoms with Gasteiger partial charge in [-0.1, -0.05) is 0 Å². The van der Waals surface area contributed by atoms with Gasteiger partial charge in [0.2, 0.25) is 0 Å². The zero-order chi connectivity index (χ0) is 16.1. The van der Waals surface area contributed by atoms with Crippen LogP contribution in [0.2, 0.25) is 0 Å². The fourth-order valence-corrected chi connectivity index (χ4v) is 3.23. The normalized spacial score (nSPS) is 18.3. The van der Waals surface area contributed by atoms with Gasteiger partial charge in [0.1, 0.15) is 11.6 Å². The standard InChI is InChI=1S/C17H22FN3OS/c1-23-10-8-16-19-17(11-13-3-2-9-22-12-13)21(20-16)15-6-4-14(18)5-7-15/h4-7,13H,2-3,8-12H2,1H3/t13-/m1/s1. The number of hydrogen-bond donors (Lipinski definition) is 0. The maximum Gasteiger partial charge on any atom is 0.152 e. The van der Waals surface area contributed by atoms with Crippen molar-refractivity contribution in [1.29, 1.82) is 0 Å². The highest BCUT2D eigenvalue weighted by atomic mass is 32.2. The van der Waals surface area contributed by atoms with Gasteiger partial charge in [0.05, 0.1) is 5.69 Å². The summed E-state index contributed by atoms with van der Waals surface area (Å²) in [5, 5.41) is 4.64. The minimum absolute atomic E-state index is 0.237. The molecule has 4 nitrogen and oxygen atoms in total. The van der Waals surface area contributed by atoms with E-state index in [4.69, 9.17) is 9.72 Å². The second-order valence-corrected chi connectivity index (χ2v) is 6.85. The van der Waals surface area contributed by atoms with Crippen LogP contribution in [0.3, 0.4) is 0 Å². The largest absolute Gasteiger partial charge is 0.381 e. The minimum Gasteiger partial charge on any atom is -0.381 e.